The predicted molar refractivity (Wildman–Crippen MR) is 95.9 cm³/mol. The first-order chi connectivity index (χ1) is 10.4. The fourth-order valence-electron chi connectivity index (χ4n) is 3.19. The molecule has 0 atom stereocenters. The molecule has 1 fully saturated rings. The molecule has 21 heavy (non-hydrogen) atoms. The van der Waals surface area contributed by atoms with E-state index in [2.05, 4.69) is 35.5 Å². The molecule has 2 rings (SSSR count). The minimum Gasteiger partial charge on any atom is -0.315 e. The third-order valence-electron chi connectivity index (χ3n) is 4.60. The highest BCUT2D eigenvalue weighted by atomic mass is 32.2. The van der Waals surface area contributed by atoms with Crippen LogP contribution in [0.4, 0.5) is 0 Å². The van der Waals surface area contributed by atoms with Gasteiger partial charge >= 0.3 is 0 Å². The van der Waals surface area contributed by atoms with Gasteiger partial charge in [0.1, 0.15) is 0 Å². The van der Waals surface area contributed by atoms with E-state index in [1.54, 1.807) is 4.91 Å². The van der Waals surface area contributed by atoms with E-state index in [9.17, 15) is 0 Å². The van der Waals surface area contributed by atoms with Gasteiger partial charge in [-0.2, -0.15) is 0 Å². The maximum atomic E-state index is 3.60. The van der Waals surface area contributed by atoms with Gasteiger partial charge in [-0.15, -0.1) is 11.8 Å². The second kappa shape index (κ2) is 10.5. The van der Waals surface area contributed by atoms with Gasteiger partial charge in [-0.3, -0.25) is 0 Å². The van der Waals surface area contributed by atoms with E-state index in [0.29, 0.717) is 0 Å². The molecule has 0 aromatic heterocycles. The third kappa shape index (κ3) is 7.03. The van der Waals surface area contributed by atoms with Crippen LogP contribution in [0.1, 0.15) is 51.4 Å². The van der Waals surface area contributed by atoms with Gasteiger partial charge in [0.25, 0.3) is 0 Å². The van der Waals surface area contributed by atoms with Crippen LogP contribution in [0.5, 0.6) is 0 Å². The standard InChI is InChI=1S/C18H32N2S/c1-20(17-9-4-2-5-10-17)15-14-19-13-8-16-21-18-11-6-3-7-12-18/h3,6,11,17,19H,2,4-5,7-10,12-16H2,1H3. The van der Waals surface area contributed by atoms with Crippen LogP contribution >= 0.6 is 11.8 Å². The number of hydrogen-bond acceptors (Lipinski definition) is 3. The first-order valence-electron chi connectivity index (χ1n) is 8.76. The largest absolute Gasteiger partial charge is 0.315 e. The molecule has 1 N–H and O–H groups in total. The van der Waals surface area contributed by atoms with Crippen LogP contribution in [0.15, 0.2) is 23.1 Å². The predicted octanol–water partition coefficient (Wildman–Crippen LogP) is 4.20. The Morgan fingerprint density at radius 1 is 1.24 bits per heavy atom. The lowest BCUT2D eigenvalue weighted by molar-refractivity contribution is 0.192. The monoisotopic (exact) mass is 308 g/mol. The van der Waals surface area contributed by atoms with E-state index in [4.69, 9.17) is 0 Å². The Hall–Kier alpha value is -0.250. The van der Waals surface area contributed by atoms with Gasteiger partial charge in [-0.05, 0) is 56.4 Å². The summed E-state index contributed by atoms with van der Waals surface area (Å²) >= 11 is 2.04. The van der Waals surface area contributed by atoms with Crippen LogP contribution in [0.25, 0.3) is 0 Å². The minimum atomic E-state index is 0.849. The number of allylic oxidation sites excluding steroid dienone is 4. The molecule has 0 aromatic rings. The topological polar surface area (TPSA) is 15.3 Å². The van der Waals surface area contributed by atoms with Crippen molar-refractivity contribution in [2.45, 2.75) is 57.4 Å². The summed E-state index contributed by atoms with van der Waals surface area (Å²) in [6.07, 6.45) is 17.6. The zero-order valence-electron chi connectivity index (χ0n) is 13.7. The van der Waals surface area contributed by atoms with E-state index in [1.165, 1.54) is 63.7 Å². The van der Waals surface area contributed by atoms with Crippen LogP contribution in [-0.2, 0) is 0 Å². The molecule has 0 amide bonds. The molecule has 3 heteroatoms. The Labute approximate surface area is 135 Å². The van der Waals surface area contributed by atoms with Gasteiger partial charge in [-0.1, -0.05) is 37.5 Å². The molecule has 0 unspecified atom stereocenters. The summed E-state index contributed by atoms with van der Waals surface area (Å²) < 4.78 is 0. The Balaban J connectivity index is 1.42. The maximum Gasteiger partial charge on any atom is 0.0107 e. The molecule has 0 bridgehead atoms. The van der Waals surface area contributed by atoms with Crippen molar-refractivity contribution in [1.82, 2.24) is 10.2 Å². The molecule has 120 valence electrons. The molecule has 2 nitrogen and oxygen atoms in total. The van der Waals surface area contributed by atoms with Crippen molar-refractivity contribution in [3.63, 3.8) is 0 Å². The van der Waals surface area contributed by atoms with Gasteiger partial charge in [0, 0.05) is 19.1 Å². The highest BCUT2D eigenvalue weighted by Gasteiger charge is 2.16. The average Bonchev–Trinajstić information content (AvgIpc) is 2.55. The summed E-state index contributed by atoms with van der Waals surface area (Å²) in [7, 11) is 2.30. The lowest BCUT2D eigenvalue weighted by Gasteiger charge is -2.31. The molecule has 1 saturated carbocycles. The van der Waals surface area contributed by atoms with E-state index in [-0.39, 0.29) is 0 Å². The van der Waals surface area contributed by atoms with E-state index < -0.39 is 0 Å². The number of rotatable bonds is 9. The third-order valence-corrected chi connectivity index (χ3v) is 5.80. The average molecular weight is 309 g/mol. The quantitative estimate of drug-likeness (QED) is 0.643. The van der Waals surface area contributed by atoms with Crippen molar-refractivity contribution in [1.29, 1.82) is 0 Å². The molecule has 2 aliphatic carbocycles. The summed E-state index contributed by atoms with van der Waals surface area (Å²) in [6.45, 7) is 3.51. The van der Waals surface area contributed by atoms with Crippen molar-refractivity contribution in [3.8, 4) is 0 Å². The molecule has 0 spiro atoms. The van der Waals surface area contributed by atoms with Gasteiger partial charge in [-0.25, -0.2) is 0 Å². The number of nitrogens with one attached hydrogen (secondary N) is 1. The van der Waals surface area contributed by atoms with Gasteiger partial charge in [0.05, 0.1) is 0 Å². The normalized spacial score (nSPS) is 20.0. The second-order valence-corrected chi connectivity index (χ2v) is 7.55. The van der Waals surface area contributed by atoms with Crippen molar-refractivity contribution in [3.05, 3.63) is 23.1 Å². The molecule has 2 aliphatic rings. The first-order valence-corrected chi connectivity index (χ1v) is 9.74. The second-order valence-electron chi connectivity index (χ2n) is 6.32. The summed E-state index contributed by atoms with van der Waals surface area (Å²) in [6, 6.07) is 0.849. The molecule has 0 aromatic carbocycles. The summed E-state index contributed by atoms with van der Waals surface area (Å²) in [5, 5.41) is 3.60. The lowest BCUT2D eigenvalue weighted by Crippen LogP contribution is -2.38. The van der Waals surface area contributed by atoms with Crippen molar-refractivity contribution in [2.24, 2.45) is 0 Å². The molecular weight excluding hydrogens is 276 g/mol. The van der Waals surface area contributed by atoms with Gasteiger partial charge in [0.15, 0.2) is 0 Å². The zero-order chi connectivity index (χ0) is 14.8. The minimum absolute atomic E-state index is 0.849. The van der Waals surface area contributed by atoms with Crippen LogP contribution in [0.3, 0.4) is 0 Å². The van der Waals surface area contributed by atoms with Crippen molar-refractivity contribution in [2.75, 3.05) is 32.4 Å². The van der Waals surface area contributed by atoms with Gasteiger partial charge < -0.3 is 10.2 Å². The van der Waals surface area contributed by atoms with Crippen molar-refractivity contribution < 1.29 is 0 Å². The Kier molecular flexibility index (Phi) is 8.53. The van der Waals surface area contributed by atoms with Crippen molar-refractivity contribution >= 4 is 11.8 Å². The molecule has 0 saturated heterocycles. The van der Waals surface area contributed by atoms with E-state index >= 15 is 0 Å². The van der Waals surface area contributed by atoms with Crippen LogP contribution < -0.4 is 5.32 Å². The number of nitrogens with zero attached hydrogens (tertiary/aromatic N) is 1. The summed E-state index contributed by atoms with van der Waals surface area (Å²) in [5.74, 6) is 1.26. The Morgan fingerprint density at radius 2 is 2.10 bits per heavy atom. The number of thioether (sulfide) groups is 1. The van der Waals surface area contributed by atoms with E-state index in [0.717, 1.165) is 19.1 Å². The zero-order valence-corrected chi connectivity index (χ0v) is 14.5. The molecular formula is C18H32N2S. The van der Waals surface area contributed by atoms with Gasteiger partial charge in [0.2, 0.25) is 0 Å². The fourth-order valence-corrected chi connectivity index (χ4v) is 4.17. The molecule has 0 heterocycles. The molecule has 0 radical (unpaired) electrons. The Morgan fingerprint density at radius 3 is 2.86 bits per heavy atom. The highest BCUT2D eigenvalue weighted by molar-refractivity contribution is 8.03. The molecule has 0 aliphatic heterocycles. The number of hydrogen-bond donors (Lipinski definition) is 1. The fraction of sp³-hybridized carbons (Fsp3) is 0.778. The summed E-state index contributed by atoms with van der Waals surface area (Å²) in [5.41, 5.74) is 0. The SMILES string of the molecule is CN(CCNCCCSC1=CC=CCC1)C1CCCCC1. The number of likely N-dealkylation sites (N-methyl/N-ethyl adjacent to an activating group) is 1. The highest BCUT2D eigenvalue weighted by Crippen LogP contribution is 2.24. The lowest BCUT2D eigenvalue weighted by atomic mass is 9.94. The first kappa shape index (κ1) is 17.1. The maximum absolute atomic E-state index is 3.60. The van der Waals surface area contributed by atoms with Crippen LogP contribution in [-0.4, -0.2) is 43.4 Å². The van der Waals surface area contributed by atoms with E-state index in [1.807, 2.05) is 11.8 Å². The van der Waals surface area contributed by atoms with Crippen LogP contribution in [0.2, 0.25) is 0 Å². The van der Waals surface area contributed by atoms with Crippen LogP contribution in [0, 0.1) is 0 Å². The smallest absolute Gasteiger partial charge is 0.0107 e. The Bertz CT molecular complexity index is 332. The summed E-state index contributed by atoms with van der Waals surface area (Å²) in [4.78, 5) is 4.13.